The van der Waals surface area contributed by atoms with Crippen molar-refractivity contribution < 1.29 is 22.7 Å². The quantitative estimate of drug-likeness (QED) is 0.816. The highest BCUT2D eigenvalue weighted by atomic mass is 32.2. The van der Waals surface area contributed by atoms with E-state index in [1.807, 2.05) is 0 Å². The Morgan fingerprint density at radius 1 is 1.14 bits per heavy atom. The van der Waals surface area contributed by atoms with Crippen LogP contribution in [0.5, 0.6) is 0 Å². The summed E-state index contributed by atoms with van der Waals surface area (Å²) in [6, 6.07) is 6.16. The van der Waals surface area contributed by atoms with Crippen molar-refractivity contribution in [3.8, 4) is 0 Å². The Morgan fingerprint density at radius 3 is 2.57 bits per heavy atom. The number of fused-ring (bicyclic) bond motifs is 1. The average molecular weight is 310 g/mol. The maximum atomic E-state index is 12.3. The van der Waals surface area contributed by atoms with Gasteiger partial charge in [0.15, 0.2) is 0 Å². The fraction of sp³-hybridized carbons (Fsp3) is 0.385. The normalized spacial score (nSPS) is 19.8. The van der Waals surface area contributed by atoms with Gasteiger partial charge in [0.1, 0.15) is 11.5 Å². The Morgan fingerprint density at radius 2 is 1.90 bits per heavy atom. The van der Waals surface area contributed by atoms with E-state index in [2.05, 4.69) is 0 Å². The van der Waals surface area contributed by atoms with Gasteiger partial charge in [-0.2, -0.15) is 0 Å². The minimum absolute atomic E-state index is 0.0515. The van der Waals surface area contributed by atoms with Crippen LogP contribution < -0.4 is 0 Å². The minimum atomic E-state index is -3.76. The second-order valence-corrected chi connectivity index (χ2v) is 6.66. The van der Waals surface area contributed by atoms with Crippen LogP contribution in [0.25, 0.3) is 0 Å². The van der Waals surface area contributed by atoms with Crippen LogP contribution in [0.3, 0.4) is 0 Å². The second-order valence-electron chi connectivity index (χ2n) is 4.83. The number of hydrogen-bond donors (Lipinski definition) is 0. The summed E-state index contributed by atoms with van der Waals surface area (Å²) in [4.78, 5) is 25.0. The summed E-state index contributed by atoms with van der Waals surface area (Å²) in [5, 5.41) is 0. The van der Waals surface area contributed by atoms with Crippen LogP contribution >= 0.6 is 0 Å². The van der Waals surface area contributed by atoms with E-state index in [-0.39, 0.29) is 17.0 Å². The van der Waals surface area contributed by atoms with Crippen LogP contribution in [-0.2, 0) is 14.8 Å². The van der Waals surface area contributed by atoms with E-state index in [1.165, 1.54) is 17.0 Å². The summed E-state index contributed by atoms with van der Waals surface area (Å²) < 4.78 is 30.2. The highest BCUT2D eigenvalue weighted by Crippen LogP contribution is 2.29. The Balaban J connectivity index is 1.70. The largest absolute Gasteiger partial charge is 0.448 e. The number of rotatable bonds is 4. The van der Waals surface area contributed by atoms with Crippen LogP contribution in [0, 0.1) is 0 Å². The smallest absolute Gasteiger partial charge is 0.409 e. The zero-order valence-corrected chi connectivity index (χ0v) is 12.0. The van der Waals surface area contributed by atoms with E-state index in [0.29, 0.717) is 26.1 Å². The molecule has 0 aromatic heterocycles. The molecule has 2 aliphatic rings. The second kappa shape index (κ2) is 5.03. The van der Waals surface area contributed by atoms with Gasteiger partial charge in [-0.1, -0.05) is 12.1 Å². The lowest BCUT2D eigenvalue weighted by Crippen LogP contribution is -2.34. The molecule has 2 heterocycles. The average Bonchev–Trinajstić information content (AvgIpc) is 2.95. The zero-order valence-electron chi connectivity index (χ0n) is 11.2. The van der Waals surface area contributed by atoms with Crippen molar-refractivity contribution in [2.75, 3.05) is 26.2 Å². The van der Waals surface area contributed by atoms with Crippen LogP contribution in [0.15, 0.2) is 29.2 Å². The maximum absolute atomic E-state index is 12.3. The molecule has 7 nitrogen and oxygen atoms in total. The van der Waals surface area contributed by atoms with Crippen molar-refractivity contribution >= 4 is 22.0 Å². The van der Waals surface area contributed by atoms with Crippen molar-refractivity contribution in [1.82, 2.24) is 9.21 Å². The molecular weight excluding hydrogens is 296 g/mol. The molecule has 0 radical (unpaired) electrons. The van der Waals surface area contributed by atoms with Crippen molar-refractivity contribution in [2.24, 2.45) is 0 Å². The van der Waals surface area contributed by atoms with Gasteiger partial charge in [-0.3, -0.25) is 4.79 Å². The van der Waals surface area contributed by atoms with Gasteiger partial charge in [0.2, 0.25) is 0 Å². The van der Waals surface area contributed by atoms with Crippen LogP contribution in [0.4, 0.5) is 4.79 Å². The molecule has 2 amide bonds. The van der Waals surface area contributed by atoms with Gasteiger partial charge in [-0.15, -0.1) is 0 Å². The molecule has 1 fully saturated rings. The Kier molecular flexibility index (Phi) is 3.32. The van der Waals surface area contributed by atoms with Crippen molar-refractivity contribution in [2.45, 2.75) is 11.3 Å². The molecule has 0 N–H and O–H groups in total. The molecule has 112 valence electrons. The molecule has 0 aliphatic carbocycles. The molecule has 0 saturated carbocycles. The molecular formula is C13H14N2O5S. The van der Waals surface area contributed by atoms with E-state index >= 15 is 0 Å². The van der Waals surface area contributed by atoms with Crippen LogP contribution in [-0.4, -0.2) is 55.9 Å². The molecule has 21 heavy (non-hydrogen) atoms. The standard InChI is InChI=1S/C13H14N2O5S/c16-12-10-4-1-2-5-11(10)21(18,19)15(12)7-3-6-14-8-9-20-13(14)17/h1-2,4-5H,3,6-9H2. The SMILES string of the molecule is O=C1OCCN1CCCN1C(=O)c2ccccc2S1(=O)=O. The Labute approximate surface area is 122 Å². The van der Waals surface area contributed by atoms with Gasteiger partial charge >= 0.3 is 6.09 Å². The lowest BCUT2D eigenvalue weighted by molar-refractivity contribution is 0.0868. The number of amides is 2. The number of carbonyl (C=O) groups excluding carboxylic acids is 2. The van der Waals surface area contributed by atoms with Gasteiger partial charge in [-0.25, -0.2) is 17.5 Å². The first-order chi connectivity index (χ1) is 10.0. The fourth-order valence-electron chi connectivity index (χ4n) is 2.49. The van der Waals surface area contributed by atoms with Crippen LogP contribution in [0.1, 0.15) is 16.8 Å². The van der Waals surface area contributed by atoms with Gasteiger partial charge in [-0.05, 0) is 18.6 Å². The monoisotopic (exact) mass is 310 g/mol. The number of benzene rings is 1. The molecule has 1 aromatic carbocycles. The third kappa shape index (κ3) is 2.25. The van der Waals surface area contributed by atoms with Crippen molar-refractivity contribution in [3.63, 3.8) is 0 Å². The van der Waals surface area contributed by atoms with E-state index < -0.39 is 22.0 Å². The van der Waals surface area contributed by atoms with Crippen LogP contribution in [0.2, 0.25) is 0 Å². The molecule has 0 atom stereocenters. The fourth-order valence-corrected chi connectivity index (χ4v) is 4.09. The minimum Gasteiger partial charge on any atom is -0.448 e. The lowest BCUT2D eigenvalue weighted by Gasteiger charge is -2.17. The summed E-state index contributed by atoms with van der Waals surface area (Å²) >= 11 is 0. The topological polar surface area (TPSA) is 84.0 Å². The van der Waals surface area contributed by atoms with E-state index in [0.717, 1.165) is 4.31 Å². The summed E-state index contributed by atoms with van der Waals surface area (Å²) in [5.41, 5.74) is 0.207. The van der Waals surface area contributed by atoms with Crippen molar-refractivity contribution in [1.29, 1.82) is 0 Å². The lowest BCUT2D eigenvalue weighted by atomic mass is 10.2. The van der Waals surface area contributed by atoms with E-state index in [9.17, 15) is 18.0 Å². The number of nitrogens with zero attached hydrogens (tertiary/aromatic N) is 2. The zero-order chi connectivity index (χ0) is 15.0. The molecule has 0 spiro atoms. The number of sulfonamides is 1. The highest BCUT2D eigenvalue weighted by molar-refractivity contribution is 7.90. The summed E-state index contributed by atoms with van der Waals surface area (Å²) in [6.45, 7) is 1.28. The summed E-state index contributed by atoms with van der Waals surface area (Å²) in [6.07, 6.45) is -0.0116. The van der Waals surface area contributed by atoms with E-state index in [1.54, 1.807) is 12.1 Å². The number of hydrogen-bond acceptors (Lipinski definition) is 5. The molecule has 3 rings (SSSR count). The number of carbonyl (C=O) groups is 2. The molecule has 2 aliphatic heterocycles. The molecule has 8 heteroatoms. The Hall–Kier alpha value is -2.09. The van der Waals surface area contributed by atoms with Crippen molar-refractivity contribution in [3.05, 3.63) is 29.8 Å². The summed E-state index contributed by atoms with van der Waals surface area (Å²) in [7, 11) is -3.76. The Bertz CT molecular complexity index is 700. The molecule has 1 aromatic rings. The van der Waals surface area contributed by atoms with E-state index in [4.69, 9.17) is 4.74 Å². The summed E-state index contributed by atoms with van der Waals surface area (Å²) in [5.74, 6) is -0.505. The van der Waals surface area contributed by atoms with Gasteiger partial charge < -0.3 is 9.64 Å². The number of cyclic esters (lactones) is 1. The highest BCUT2D eigenvalue weighted by Gasteiger charge is 2.40. The van der Waals surface area contributed by atoms with Gasteiger partial charge in [0.05, 0.1) is 12.1 Å². The third-order valence-electron chi connectivity index (χ3n) is 3.55. The first kappa shape index (κ1) is 13.9. The first-order valence-electron chi connectivity index (χ1n) is 6.59. The van der Waals surface area contributed by atoms with Gasteiger partial charge in [0, 0.05) is 13.1 Å². The predicted octanol–water partition coefficient (Wildman–Crippen LogP) is 0.673. The molecule has 0 unspecified atom stereocenters. The third-order valence-corrected chi connectivity index (χ3v) is 5.39. The first-order valence-corrected chi connectivity index (χ1v) is 8.03. The maximum Gasteiger partial charge on any atom is 0.409 e. The van der Waals surface area contributed by atoms with Gasteiger partial charge in [0.25, 0.3) is 15.9 Å². The predicted molar refractivity (Wildman–Crippen MR) is 72.2 cm³/mol. The number of ether oxygens (including phenoxy) is 1. The molecule has 0 bridgehead atoms. The molecule has 1 saturated heterocycles.